The SMILES string of the molecule is CN(C)CC(=O)N[C@@H](CC(N)=O)C(=O)O. The Morgan fingerprint density at radius 1 is 1.40 bits per heavy atom. The number of nitrogens with one attached hydrogen (secondary N) is 1. The highest BCUT2D eigenvalue weighted by molar-refractivity contribution is 5.88. The van der Waals surface area contributed by atoms with Gasteiger partial charge in [-0.25, -0.2) is 4.79 Å². The molecule has 0 heterocycles. The summed E-state index contributed by atoms with van der Waals surface area (Å²) in [4.78, 5) is 33.9. The molecular formula is C8H15N3O4. The first-order chi connectivity index (χ1) is 6.82. The normalized spacial score (nSPS) is 12.2. The van der Waals surface area contributed by atoms with Gasteiger partial charge < -0.3 is 21.1 Å². The van der Waals surface area contributed by atoms with Gasteiger partial charge in [-0.2, -0.15) is 0 Å². The second-order valence-corrected chi connectivity index (χ2v) is 3.37. The smallest absolute Gasteiger partial charge is 0.326 e. The molecule has 0 aliphatic rings. The van der Waals surface area contributed by atoms with Gasteiger partial charge in [0, 0.05) is 0 Å². The summed E-state index contributed by atoms with van der Waals surface area (Å²) < 4.78 is 0. The number of likely N-dealkylation sites (N-methyl/N-ethyl adjacent to an activating group) is 1. The molecule has 0 unspecified atom stereocenters. The molecule has 0 rings (SSSR count). The Balaban J connectivity index is 4.22. The van der Waals surface area contributed by atoms with Gasteiger partial charge in [0.05, 0.1) is 13.0 Å². The number of rotatable bonds is 6. The maximum absolute atomic E-state index is 11.2. The lowest BCUT2D eigenvalue weighted by molar-refractivity contribution is -0.143. The Labute approximate surface area is 87.2 Å². The molecule has 0 bridgehead atoms. The van der Waals surface area contributed by atoms with Gasteiger partial charge in [-0.15, -0.1) is 0 Å². The van der Waals surface area contributed by atoms with Crippen molar-refractivity contribution < 1.29 is 19.5 Å². The van der Waals surface area contributed by atoms with E-state index in [1.807, 2.05) is 0 Å². The van der Waals surface area contributed by atoms with Crippen molar-refractivity contribution in [3.05, 3.63) is 0 Å². The third-order valence-corrected chi connectivity index (χ3v) is 1.50. The molecule has 0 fully saturated rings. The third kappa shape index (κ3) is 6.44. The van der Waals surface area contributed by atoms with Gasteiger partial charge in [-0.05, 0) is 14.1 Å². The van der Waals surface area contributed by atoms with Crippen molar-refractivity contribution in [3.63, 3.8) is 0 Å². The molecule has 15 heavy (non-hydrogen) atoms. The van der Waals surface area contributed by atoms with E-state index in [0.29, 0.717) is 0 Å². The summed E-state index contributed by atoms with van der Waals surface area (Å²) in [7, 11) is 3.34. The number of aliphatic carboxylic acids is 1. The summed E-state index contributed by atoms with van der Waals surface area (Å²) in [6.07, 6.45) is -0.408. The summed E-state index contributed by atoms with van der Waals surface area (Å²) in [6, 6.07) is -1.25. The van der Waals surface area contributed by atoms with E-state index < -0.39 is 30.2 Å². The van der Waals surface area contributed by atoms with Crippen molar-refractivity contribution in [2.24, 2.45) is 5.73 Å². The van der Waals surface area contributed by atoms with Crippen LogP contribution in [0.2, 0.25) is 0 Å². The molecule has 0 aliphatic heterocycles. The monoisotopic (exact) mass is 217 g/mol. The first-order valence-electron chi connectivity index (χ1n) is 4.28. The minimum Gasteiger partial charge on any atom is -0.480 e. The van der Waals surface area contributed by atoms with Gasteiger partial charge in [0.1, 0.15) is 6.04 Å². The summed E-state index contributed by atoms with van der Waals surface area (Å²) in [5, 5.41) is 10.9. The second kappa shape index (κ2) is 5.97. The van der Waals surface area contributed by atoms with E-state index in [1.165, 1.54) is 0 Å². The fraction of sp³-hybridized carbons (Fsp3) is 0.625. The van der Waals surface area contributed by atoms with Gasteiger partial charge in [0.15, 0.2) is 0 Å². The molecule has 1 atom stereocenters. The lowest BCUT2D eigenvalue weighted by Crippen LogP contribution is -2.46. The topological polar surface area (TPSA) is 113 Å². The number of hydrogen-bond acceptors (Lipinski definition) is 4. The molecular weight excluding hydrogens is 202 g/mol. The molecule has 0 saturated heterocycles. The van der Waals surface area contributed by atoms with E-state index in [2.05, 4.69) is 5.32 Å². The van der Waals surface area contributed by atoms with Gasteiger partial charge in [0.25, 0.3) is 0 Å². The number of carbonyl (C=O) groups is 3. The van der Waals surface area contributed by atoms with E-state index in [0.717, 1.165) is 0 Å². The Morgan fingerprint density at radius 3 is 2.27 bits per heavy atom. The first kappa shape index (κ1) is 13.4. The van der Waals surface area contributed by atoms with E-state index in [4.69, 9.17) is 10.8 Å². The number of amides is 2. The number of carbonyl (C=O) groups excluding carboxylic acids is 2. The summed E-state index contributed by atoms with van der Waals surface area (Å²) >= 11 is 0. The number of primary amides is 1. The minimum absolute atomic E-state index is 0.0581. The number of carboxylic acid groups (broad SMARTS) is 1. The highest BCUT2D eigenvalue weighted by Crippen LogP contribution is 1.91. The van der Waals surface area contributed by atoms with Crippen molar-refractivity contribution in [1.29, 1.82) is 0 Å². The quantitative estimate of drug-likeness (QED) is 0.476. The van der Waals surface area contributed by atoms with Gasteiger partial charge in [-0.3, -0.25) is 9.59 Å². The highest BCUT2D eigenvalue weighted by atomic mass is 16.4. The Bertz CT molecular complexity index is 265. The fourth-order valence-electron chi connectivity index (χ4n) is 0.928. The molecule has 7 heteroatoms. The molecule has 86 valence electrons. The zero-order chi connectivity index (χ0) is 12.0. The van der Waals surface area contributed by atoms with Crippen LogP contribution in [0.5, 0.6) is 0 Å². The number of nitrogens with two attached hydrogens (primary N) is 1. The van der Waals surface area contributed by atoms with Crippen molar-refractivity contribution in [2.75, 3.05) is 20.6 Å². The lowest BCUT2D eigenvalue weighted by atomic mass is 10.2. The zero-order valence-electron chi connectivity index (χ0n) is 8.69. The Kier molecular flexibility index (Phi) is 5.32. The van der Waals surface area contributed by atoms with Crippen molar-refractivity contribution in [1.82, 2.24) is 10.2 Å². The van der Waals surface area contributed by atoms with Crippen molar-refractivity contribution in [2.45, 2.75) is 12.5 Å². The van der Waals surface area contributed by atoms with Crippen LogP contribution in [0.4, 0.5) is 0 Å². The average molecular weight is 217 g/mol. The number of hydrogen-bond donors (Lipinski definition) is 3. The molecule has 7 nitrogen and oxygen atoms in total. The van der Waals surface area contributed by atoms with E-state index in [1.54, 1.807) is 19.0 Å². The molecule has 0 aromatic rings. The Morgan fingerprint density at radius 2 is 1.93 bits per heavy atom. The molecule has 0 saturated carbocycles. The van der Waals surface area contributed by atoms with Crippen LogP contribution in [0.1, 0.15) is 6.42 Å². The summed E-state index contributed by atoms with van der Waals surface area (Å²) in [5.41, 5.74) is 4.84. The fourth-order valence-corrected chi connectivity index (χ4v) is 0.928. The molecule has 0 spiro atoms. The second-order valence-electron chi connectivity index (χ2n) is 3.37. The predicted octanol–water partition coefficient (Wildman–Crippen LogP) is -2.01. The molecule has 0 aliphatic carbocycles. The zero-order valence-corrected chi connectivity index (χ0v) is 8.69. The van der Waals surface area contributed by atoms with E-state index in [9.17, 15) is 14.4 Å². The molecule has 0 aromatic heterocycles. The maximum atomic E-state index is 11.2. The van der Waals surface area contributed by atoms with Crippen LogP contribution in [0, 0.1) is 0 Å². The van der Waals surface area contributed by atoms with Gasteiger partial charge in [-0.1, -0.05) is 0 Å². The van der Waals surface area contributed by atoms with E-state index in [-0.39, 0.29) is 6.54 Å². The highest BCUT2D eigenvalue weighted by Gasteiger charge is 2.21. The van der Waals surface area contributed by atoms with E-state index >= 15 is 0 Å². The average Bonchev–Trinajstić information content (AvgIpc) is 1.99. The van der Waals surface area contributed by atoms with Crippen LogP contribution in [0.15, 0.2) is 0 Å². The number of carboxylic acids is 1. The van der Waals surface area contributed by atoms with Gasteiger partial charge >= 0.3 is 5.97 Å². The van der Waals surface area contributed by atoms with Gasteiger partial charge in [0.2, 0.25) is 11.8 Å². The van der Waals surface area contributed by atoms with Crippen LogP contribution in [0.3, 0.4) is 0 Å². The van der Waals surface area contributed by atoms with Crippen LogP contribution in [-0.4, -0.2) is 54.5 Å². The van der Waals surface area contributed by atoms with Crippen LogP contribution >= 0.6 is 0 Å². The van der Waals surface area contributed by atoms with Crippen LogP contribution < -0.4 is 11.1 Å². The standard InChI is InChI=1S/C8H15N3O4/c1-11(2)4-7(13)10-5(8(14)15)3-6(9)12/h5H,3-4H2,1-2H3,(H2,9,12)(H,10,13)(H,14,15)/t5-/m0/s1. The van der Waals surface area contributed by atoms with Crippen molar-refractivity contribution in [3.8, 4) is 0 Å². The third-order valence-electron chi connectivity index (χ3n) is 1.50. The Hall–Kier alpha value is -1.63. The first-order valence-corrected chi connectivity index (χ1v) is 4.28. The molecule has 0 aromatic carbocycles. The summed E-state index contributed by atoms with van der Waals surface area (Å²) in [5.74, 6) is -2.51. The number of nitrogens with zero attached hydrogens (tertiary/aromatic N) is 1. The lowest BCUT2D eigenvalue weighted by Gasteiger charge is -2.14. The van der Waals surface area contributed by atoms with Crippen LogP contribution in [0.25, 0.3) is 0 Å². The molecule has 2 amide bonds. The maximum Gasteiger partial charge on any atom is 0.326 e. The molecule has 4 N–H and O–H groups in total. The van der Waals surface area contributed by atoms with Crippen molar-refractivity contribution >= 4 is 17.8 Å². The minimum atomic E-state index is -1.28. The molecule has 0 radical (unpaired) electrons. The largest absolute Gasteiger partial charge is 0.480 e. The van der Waals surface area contributed by atoms with Crippen LogP contribution in [-0.2, 0) is 14.4 Å². The predicted molar refractivity (Wildman–Crippen MR) is 51.9 cm³/mol. The summed E-state index contributed by atoms with van der Waals surface area (Å²) in [6.45, 7) is 0.0581.